The van der Waals surface area contributed by atoms with E-state index in [0.29, 0.717) is 17.4 Å². The lowest BCUT2D eigenvalue weighted by Gasteiger charge is -2.25. The first-order valence-electron chi connectivity index (χ1n) is 7.05. The molecule has 1 saturated carbocycles. The van der Waals surface area contributed by atoms with E-state index in [4.69, 9.17) is 0 Å². The van der Waals surface area contributed by atoms with Crippen molar-refractivity contribution < 1.29 is 4.79 Å². The minimum absolute atomic E-state index is 0.0140. The molecule has 0 bridgehead atoms. The molecule has 98 valence electrons. The smallest absolute Gasteiger partial charge is 0.239 e. The Morgan fingerprint density at radius 2 is 1.76 bits per heavy atom. The van der Waals surface area contributed by atoms with E-state index >= 15 is 0 Å². The summed E-state index contributed by atoms with van der Waals surface area (Å²) in [4.78, 5) is 14.3. The maximum absolute atomic E-state index is 12.3. The van der Waals surface area contributed by atoms with Crippen LogP contribution in [0.1, 0.15) is 52.9 Å². The van der Waals surface area contributed by atoms with Crippen molar-refractivity contribution in [3.63, 3.8) is 0 Å². The Morgan fingerprint density at radius 1 is 1.24 bits per heavy atom. The van der Waals surface area contributed by atoms with Gasteiger partial charge < -0.3 is 10.2 Å². The van der Waals surface area contributed by atoms with E-state index in [-0.39, 0.29) is 6.04 Å². The fourth-order valence-corrected chi connectivity index (χ4v) is 2.69. The summed E-state index contributed by atoms with van der Waals surface area (Å²) in [5, 5.41) is 3.47. The Labute approximate surface area is 105 Å². The third-order valence-corrected chi connectivity index (χ3v) is 4.25. The van der Waals surface area contributed by atoms with Gasteiger partial charge in [0.05, 0.1) is 6.04 Å². The van der Waals surface area contributed by atoms with Gasteiger partial charge in [-0.25, -0.2) is 0 Å². The fraction of sp³-hybridized carbons (Fsp3) is 0.929. The molecule has 0 aromatic rings. The van der Waals surface area contributed by atoms with E-state index in [1.807, 2.05) is 6.92 Å². The van der Waals surface area contributed by atoms with E-state index < -0.39 is 0 Å². The Morgan fingerprint density at radius 3 is 2.24 bits per heavy atom. The van der Waals surface area contributed by atoms with Crippen LogP contribution in [0.2, 0.25) is 0 Å². The summed E-state index contributed by atoms with van der Waals surface area (Å²) in [6.45, 7) is 8.45. The van der Waals surface area contributed by atoms with Crippen molar-refractivity contribution in [2.45, 2.75) is 65.0 Å². The maximum Gasteiger partial charge on any atom is 0.239 e. The third-order valence-electron chi connectivity index (χ3n) is 4.25. The molecule has 1 aliphatic heterocycles. The number of carbonyl (C=O) groups is 1. The molecule has 3 nitrogen and oxygen atoms in total. The second-order valence-corrected chi connectivity index (χ2v) is 6.37. The molecule has 17 heavy (non-hydrogen) atoms. The van der Waals surface area contributed by atoms with Crippen LogP contribution in [0.3, 0.4) is 0 Å². The lowest BCUT2D eigenvalue weighted by molar-refractivity contribution is -0.133. The van der Waals surface area contributed by atoms with E-state index in [1.165, 1.54) is 32.1 Å². The molecule has 3 heteroatoms. The van der Waals surface area contributed by atoms with Crippen LogP contribution in [-0.2, 0) is 4.79 Å². The van der Waals surface area contributed by atoms with Gasteiger partial charge in [-0.3, -0.25) is 4.79 Å². The average molecular weight is 238 g/mol. The molecule has 0 aromatic heterocycles. The number of rotatable bonds is 3. The van der Waals surface area contributed by atoms with E-state index in [9.17, 15) is 4.79 Å². The first-order chi connectivity index (χ1) is 8.00. The number of hydrogen-bond donors (Lipinski definition) is 1. The highest BCUT2D eigenvalue weighted by Gasteiger charge is 2.46. The Kier molecular flexibility index (Phi) is 3.76. The predicted molar refractivity (Wildman–Crippen MR) is 69.8 cm³/mol. The summed E-state index contributed by atoms with van der Waals surface area (Å²) in [6, 6.07) is 0.522. The number of likely N-dealkylation sites (tertiary alicyclic amines) is 1. The van der Waals surface area contributed by atoms with Gasteiger partial charge >= 0.3 is 0 Å². The molecule has 0 spiro atoms. The molecule has 2 fully saturated rings. The minimum atomic E-state index is -0.0140. The molecule has 0 radical (unpaired) electrons. The molecule has 1 saturated heterocycles. The number of carbonyl (C=O) groups excluding carboxylic acids is 1. The monoisotopic (exact) mass is 238 g/mol. The molecule has 1 N–H and O–H groups in total. The van der Waals surface area contributed by atoms with Gasteiger partial charge in [0.15, 0.2) is 0 Å². The molecule has 2 atom stereocenters. The summed E-state index contributed by atoms with van der Waals surface area (Å²) in [7, 11) is 0. The molecule has 1 heterocycles. The fourth-order valence-electron chi connectivity index (χ4n) is 2.69. The van der Waals surface area contributed by atoms with E-state index in [2.05, 4.69) is 24.1 Å². The van der Waals surface area contributed by atoms with Crippen molar-refractivity contribution in [2.24, 2.45) is 5.41 Å². The normalized spacial score (nSPS) is 29.6. The van der Waals surface area contributed by atoms with Gasteiger partial charge in [-0.15, -0.1) is 0 Å². The molecule has 1 amide bonds. The Balaban J connectivity index is 1.81. The zero-order valence-corrected chi connectivity index (χ0v) is 11.5. The van der Waals surface area contributed by atoms with Crippen LogP contribution in [0.15, 0.2) is 0 Å². The molecule has 2 unspecified atom stereocenters. The van der Waals surface area contributed by atoms with Gasteiger partial charge in [-0.05, 0) is 31.6 Å². The van der Waals surface area contributed by atoms with E-state index in [1.54, 1.807) is 0 Å². The zero-order valence-electron chi connectivity index (χ0n) is 11.5. The van der Waals surface area contributed by atoms with Crippen molar-refractivity contribution >= 4 is 5.91 Å². The number of nitrogens with one attached hydrogen (secondary N) is 1. The second kappa shape index (κ2) is 4.97. The lowest BCUT2D eigenvalue weighted by Crippen LogP contribution is -2.46. The summed E-state index contributed by atoms with van der Waals surface area (Å²) in [6.07, 6.45) is 6.11. The first-order valence-corrected chi connectivity index (χ1v) is 7.05. The Bertz CT molecular complexity index is 280. The highest BCUT2D eigenvalue weighted by molar-refractivity contribution is 5.81. The average Bonchev–Trinajstić information content (AvgIpc) is 2.95. The SMILES string of the molecule is CC(NC1CC1(C)C)C(=O)N1CCCCCC1. The number of nitrogens with zero attached hydrogens (tertiary/aromatic N) is 1. The van der Waals surface area contributed by atoms with Gasteiger partial charge in [0.25, 0.3) is 0 Å². The minimum Gasteiger partial charge on any atom is -0.341 e. The van der Waals surface area contributed by atoms with Crippen molar-refractivity contribution in [2.75, 3.05) is 13.1 Å². The lowest BCUT2D eigenvalue weighted by atomic mass is 10.1. The van der Waals surface area contributed by atoms with Crippen molar-refractivity contribution in [3.8, 4) is 0 Å². The van der Waals surface area contributed by atoms with Crippen LogP contribution in [0.5, 0.6) is 0 Å². The van der Waals surface area contributed by atoms with Crippen LogP contribution >= 0.6 is 0 Å². The summed E-state index contributed by atoms with van der Waals surface area (Å²) >= 11 is 0. The van der Waals surface area contributed by atoms with Gasteiger partial charge in [-0.2, -0.15) is 0 Å². The third kappa shape index (κ3) is 3.21. The van der Waals surface area contributed by atoms with Gasteiger partial charge in [0.2, 0.25) is 5.91 Å². The molecular formula is C14H26N2O. The number of hydrogen-bond acceptors (Lipinski definition) is 2. The van der Waals surface area contributed by atoms with Crippen LogP contribution in [0, 0.1) is 5.41 Å². The first kappa shape index (κ1) is 12.9. The van der Waals surface area contributed by atoms with Gasteiger partial charge in [0, 0.05) is 19.1 Å². The van der Waals surface area contributed by atoms with Crippen molar-refractivity contribution in [3.05, 3.63) is 0 Å². The standard InChI is InChI=1S/C14H26N2O/c1-11(15-12-10-14(12,2)3)13(17)16-8-6-4-5-7-9-16/h11-12,15H,4-10H2,1-3H3. The van der Waals surface area contributed by atoms with Crippen LogP contribution in [0.4, 0.5) is 0 Å². The van der Waals surface area contributed by atoms with Crippen molar-refractivity contribution in [1.29, 1.82) is 0 Å². The van der Waals surface area contributed by atoms with Crippen molar-refractivity contribution in [1.82, 2.24) is 10.2 Å². The van der Waals surface area contributed by atoms with Crippen LogP contribution in [0.25, 0.3) is 0 Å². The molecule has 0 aromatic carbocycles. The quantitative estimate of drug-likeness (QED) is 0.817. The van der Waals surface area contributed by atoms with E-state index in [0.717, 1.165) is 13.1 Å². The summed E-state index contributed by atoms with van der Waals surface area (Å²) < 4.78 is 0. The van der Waals surface area contributed by atoms with Crippen LogP contribution in [-0.4, -0.2) is 36.0 Å². The second-order valence-electron chi connectivity index (χ2n) is 6.37. The maximum atomic E-state index is 12.3. The number of amides is 1. The largest absolute Gasteiger partial charge is 0.341 e. The van der Waals surface area contributed by atoms with Crippen LogP contribution < -0.4 is 5.32 Å². The molecule has 2 aliphatic rings. The summed E-state index contributed by atoms with van der Waals surface area (Å²) in [5.41, 5.74) is 0.396. The van der Waals surface area contributed by atoms with Gasteiger partial charge in [-0.1, -0.05) is 26.7 Å². The van der Waals surface area contributed by atoms with Gasteiger partial charge in [0.1, 0.15) is 0 Å². The molecule has 2 rings (SSSR count). The molecular weight excluding hydrogens is 212 g/mol. The highest BCUT2D eigenvalue weighted by atomic mass is 16.2. The summed E-state index contributed by atoms with van der Waals surface area (Å²) in [5.74, 6) is 0.301. The molecule has 1 aliphatic carbocycles. The zero-order chi connectivity index (χ0) is 12.5. The predicted octanol–water partition coefficient (Wildman–Crippen LogP) is 2.17. The Hall–Kier alpha value is -0.570. The topological polar surface area (TPSA) is 32.3 Å². The highest BCUT2D eigenvalue weighted by Crippen LogP contribution is 2.44.